The predicted octanol–water partition coefficient (Wildman–Crippen LogP) is 3.97. The van der Waals surface area contributed by atoms with Gasteiger partial charge in [-0.1, -0.05) is 19.1 Å². The highest BCUT2D eigenvalue weighted by atomic mass is 19.4. The number of hydrogen-bond acceptors (Lipinski definition) is 6. The third kappa shape index (κ3) is 6.16. The molecule has 2 heterocycles. The Morgan fingerprint density at radius 3 is 2.35 bits per heavy atom. The van der Waals surface area contributed by atoms with E-state index in [-0.39, 0.29) is 41.6 Å². The van der Waals surface area contributed by atoms with Crippen molar-refractivity contribution < 1.29 is 27.9 Å². The molecule has 4 rings (SSSR count). The molecule has 1 aliphatic heterocycles. The van der Waals surface area contributed by atoms with Crippen molar-refractivity contribution in [3.05, 3.63) is 71.4 Å². The molecule has 1 aliphatic rings. The zero-order valence-electron chi connectivity index (χ0n) is 20.1. The summed E-state index contributed by atoms with van der Waals surface area (Å²) in [4.78, 5) is 28.6. The van der Waals surface area contributed by atoms with E-state index in [0.29, 0.717) is 31.0 Å². The summed E-state index contributed by atoms with van der Waals surface area (Å²) in [7, 11) is 0. The van der Waals surface area contributed by atoms with E-state index < -0.39 is 17.6 Å². The second-order valence-electron chi connectivity index (χ2n) is 8.66. The van der Waals surface area contributed by atoms with Crippen LogP contribution in [-0.2, 0) is 6.18 Å². The number of nitrogens with one attached hydrogen (secondary N) is 1. The van der Waals surface area contributed by atoms with Gasteiger partial charge in [0.2, 0.25) is 0 Å². The van der Waals surface area contributed by atoms with Crippen molar-refractivity contribution in [2.24, 2.45) is 0 Å². The quantitative estimate of drug-likeness (QED) is 0.518. The van der Waals surface area contributed by atoms with Crippen molar-refractivity contribution in [2.45, 2.75) is 19.5 Å². The van der Waals surface area contributed by atoms with E-state index in [0.717, 1.165) is 18.6 Å². The molecule has 194 valence electrons. The largest absolute Gasteiger partial charge is 0.508 e. The minimum Gasteiger partial charge on any atom is -0.508 e. The normalized spacial score (nSPS) is 13.9. The maximum atomic E-state index is 13.6. The number of aromatic hydroxyl groups is 1. The van der Waals surface area contributed by atoms with Crippen molar-refractivity contribution >= 4 is 17.6 Å². The molecule has 0 radical (unpaired) electrons. The van der Waals surface area contributed by atoms with Gasteiger partial charge < -0.3 is 20.2 Å². The molecule has 1 saturated heterocycles. The van der Waals surface area contributed by atoms with Crippen LogP contribution in [0.1, 0.15) is 39.8 Å². The van der Waals surface area contributed by atoms with E-state index in [1.54, 1.807) is 18.2 Å². The minimum atomic E-state index is -4.64. The van der Waals surface area contributed by atoms with Crippen LogP contribution in [-0.4, -0.2) is 64.7 Å². The highest BCUT2D eigenvalue weighted by molar-refractivity contribution is 5.96. The molecular weight excluding hydrogens is 487 g/mol. The lowest BCUT2D eigenvalue weighted by atomic mass is 9.98. The Morgan fingerprint density at radius 1 is 0.973 bits per heavy atom. The molecule has 8 nitrogen and oxygen atoms in total. The first-order chi connectivity index (χ1) is 17.7. The zero-order valence-corrected chi connectivity index (χ0v) is 20.1. The molecule has 0 spiro atoms. The summed E-state index contributed by atoms with van der Waals surface area (Å²) in [5.74, 6) is -0.357. The standard InChI is InChI=1S/C26H26F3N5O3/c1-2-8-30-24(36)22-6-7-23(32-31-22)33-9-11-34(12-10-33)25(37)19-13-18(14-20(15-19)26(27,28)29)17-4-3-5-21(35)16-17/h3-7,13-16,35H,2,8-12H2,1H3,(H,30,36). The lowest BCUT2D eigenvalue weighted by Gasteiger charge is -2.35. The van der Waals surface area contributed by atoms with Crippen LogP contribution in [0.25, 0.3) is 11.1 Å². The SMILES string of the molecule is CCCNC(=O)c1ccc(N2CCN(C(=O)c3cc(-c4cccc(O)c4)cc(C(F)(F)F)c3)CC2)nn1. The van der Waals surface area contributed by atoms with Crippen molar-refractivity contribution in [1.29, 1.82) is 0 Å². The van der Waals surface area contributed by atoms with Gasteiger partial charge >= 0.3 is 6.18 Å². The number of anilines is 1. The molecule has 0 aliphatic carbocycles. The lowest BCUT2D eigenvalue weighted by Crippen LogP contribution is -2.49. The molecule has 2 N–H and O–H groups in total. The highest BCUT2D eigenvalue weighted by Gasteiger charge is 2.33. The summed E-state index contributed by atoms with van der Waals surface area (Å²) in [5, 5.41) is 20.6. The molecule has 0 unspecified atom stereocenters. The first-order valence-electron chi connectivity index (χ1n) is 11.8. The monoisotopic (exact) mass is 513 g/mol. The van der Waals surface area contributed by atoms with E-state index in [1.165, 1.54) is 29.2 Å². The van der Waals surface area contributed by atoms with Gasteiger partial charge in [0, 0.05) is 38.3 Å². The number of halogens is 3. The molecule has 1 aromatic heterocycles. The third-order valence-electron chi connectivity index (χ3n) is 6.00. The maximum Gasteiger partial charge on any atom is 0.416 e. The summed E-state index contributed by atoms with van der Waals surface area (Å²) in [6.45, 7) is 3.84. The Labute approximate surface area is 211 Å². The molecule has 0 atom stereocenters. The van der Waals surface area contributed by atoms with Crippen LogP contribution in [0.5, 0.6) is 5.75 Å². The predicted molar refractivity (Wildman–Crippen MR) is 131 cm³/mol. The average molecular weight is 514 g/mol. The lowest BCUT2D eigenvalue weighted by molar-refractivity contribution is -0.137. The highest BCUT2D eigenvalue weighted by Crippen LogP contribution is 2.34. The van der Waals surface area contributed by atoms with Gasteiger partial charge in [-0.25, -0.2) is 0 Å². The van der Waals surface area contributed by atoms with Crippen molar-refractivity contribution in [2.75, 3.05) is 37.6 Å². The number of amides is 2. The Hall–Kier alpha value is -4.15. The summed E-state index contributed by atoms with van der Waals surface area (Å²) in [5.41, 5.74) is -0.253. The van der Waals surface area contributed by atoms with Crippen LogP contribution >= 0.6 is 0 Å². The molecule has 37 heavy (non-hydrogen) atoms. The van der Waals surface area contributed by atoms with Gasteiger partial charge in [-0.05, 0) is 60.0 Å². The van der Waals surface area contributed by atoms with E-state index in [1.807, 2.05) is 11.8 Å². The van der Waals surface area contributed by atoms with Crippen LogP contribution in [0.4, 0.5) is 19.0 Å². The number of rotatable bonds is 6. The number of benzene rings is 2. The molecule has 11 heteroatoms. The molecule has 3 aromatic rings. The van der Waals surface area contributed by atoms with E-state index in [9.17, 15) is 27.9 Å². The van der Waals surface area contributed by atoms with Crippen molar-refractivity contribution in [1.82, 2.24) is 20.4 Å². The number of aromatic nitrogens is 2. The molecular formula is C26H26F3N5O3. The summed E-state index contributed by atoms with van der Waals surface area (Å²) in [6.07, 6.45) is -3.84. The number of carbonyl (C=O) groups excluding carboxylic acids is 2. The Morgan fingerprint density at radius 2 is 1.73 bits per heavy atom. The van der Waals surface area contributed by atoms with Gasteiger partial charge in [-0.15, -0.1) is 10.2 Å². The number of phenolic OH excluding ortho intramolecular Hbond substituents is 1. The number of piperazine rings is 1. The zero-order chi connectivity index (χ0) is 26.6. The minimum absolute atomic E-state index is 0.0798. The summed E-state index contributed by atoms with van der Waals surface area (Å²) in [6, 6.07) is 12.4. The van der Waals surface area contributed by atoms with E-state index in [2.05, 4.69) is 15.5 Å². The third-order valence-corrected chi connectivity index (χ3v) is 6.00. The van der Waals surface area contributed by atoms with Gasteiger partial charge in [-0.3, -0.25) is 9.59 Å². The summed E-state index contributed by atoms with van der Waals surface area (Å²) < 4.78 is 40.8. The first-order valence-corrected chi connectivity index (χ1v) is 11.8. The second-order valence-corrected chi connectivity index (χ2v) is 8.66. The van der Waals surface area contributed by atoms with E-state index in [4.69, 9.17) is 0 Å². The van der Waals surface area contributed by atoms with Gasteiger partial charge in [0.1, 0.15) is 5.75 Å². The second kappa shape index (κ2) is 10.9. The fourth-order valence-electron chi connectivity index (χ4n) is 4.03. The van der Waals surface area contributed by atoms with Gasteiger partial charge in [0.05, 0.1) is 5.56 Å². The molecule has 2 amide bonds. The summed E-state index contributed by atoms with van der Waals surface area (Å²) >= 11 is 0. The molecule has 0 bridgehead atoms. The van der Waals surface area contributed by atoms with E-state index >= 15 is 0 Å². The smallest absolute Gasteiger partial charge is 0.416 e. The van der Waals surface area contributed by atoms with Crippen molar-refractivity contribution in [3.63, 3.8) is 0 Å². The number of phenols is 1. The Bertz CT molecular complexity index is 1270. The maximum absolute atomic E-state index is 13.6. The van der Waals surface area contributed by atoms with Crippen LogP contribution in [0.3, 0.4) is 0 Å². The van der Waals surface area contributed by atoms with Crippen LogP contribution < -0.4 is 10.2 Å². The van der Waals surface area contributed by atoms with Crippen LogP contribution in [0.15, 0.2) is 54.6 Å². The number of carbonyl (C=O) groups is 2. The number of alkyl halides is 3. The fraction of sp³-hybridized carbons (Fsp3) is 0.308. The number of nitrogens with zero attached hydrogens (tertiary/aromatic N) is 4. The molecule has 0 saturated carbocycles. The molecule has 2 aromatic carbocycles. The van der Waals surface area contributed by atoms with Crippen molar-refractivity contribution in [3.8, 4) is 16.9 Å². The van der Waals surface area contributed by atoms with Crippen LogP contribution in [0, 0.1) is 0 Å². The average Bonchev–Trinajstić information content (AvgIpc) is 2.90. The fourth-order valence-corrected chi connectivity index (χ4v) is 4.03. The number of hydrogen-bond donors (Lipinski definition) is 2. The topological polar surface area (TPSA) is 98.7 Å². The first kappa shape index (κ1) is 25.9. The Balaban J connectivity index is 1.48. The molecule has 1 fully saturated rings. The van der Waals surface area contributed by atoms with Gasteiger partial charge in [-0.2, -0.15) is 13.2 Å². The van der Waals surface area contributed by atoms with Crippen LogP contribution in [0.2, 0.25) is 0 Å². The van der Waals surface area contributed by atoms with Gasteiger partial charge in [0.15, 0.2) is 11.5 Å². The Kier molecular flexibility index (Phi) is 7.61. The van der Waals surface area contributed by atoms with Gasteiger partial charge in [0.25, 0.3) is 11.8 Å².